The summed E-state index contributed by atoms with van der Waals surface area (Å²) < 4.78 is 10.4. The zero-order valence-electron chi connectivity index (χ0n) is 13.3. The van der Waals surface area contributed by atoms with Crippen molar-refractivity contribution in [1.29, 1.82) is 0 Å². The maximum atomic E-state index is 12.4. The first-order valence-electron chi connectivity index (χ1n) is 7.09. The van der Waals surface area contributed by atoms with Gasteiger partial charge in [0.2, 0.25) is 5.91 Å². The number of nitrogens with one attached hydrogen (secondary N) is 1. The molecule has 0 spiro atoms. The third-order valence-corrected chi connectivity index (χ3v) is 4.45. The predicted octanol–water partition coefficient (Wildman–Crippen LogP) is 3.41. The molecule has 1 atom stereocenters. The minimum Gasteiger partial charge on any atom is -0.497 e. The van der Waals surface area contributed by atoms with Crippen molar-refractivity contribution < 1.29 is 14.3 Å². The number of nitrogens with two attached hydrogens (primary N) is 1. The van der Waals surface area contributed by atoms with Crippen LogP contribution < -0.4 is 20.5 Å². The molecule has 6 heteroatoms. The average molecular weight is 332 g/mol. The molecule has 1 amide bonds. The van der Waals surface area contributed by atoms with Crippen LogP contribution in [-0.4, -0.2) is 25.4 Å². The van der Waals surface area contributed by atoms with E-state index in [2.05, 4.69) is 5.32 Å². The number of nitrogen functional groups attached to an aromatic ring is 1. The zero-order chi connectivity index (χ0) is 16.8. The lowest BCUT2D eigenvalue weighted by Gasteiger charge is -2.15. The lowest BCUT2D eigenvalue weighted by molar-refractivity contribution is -0.115. The summed E-state index contributed by atoms with van der Waals surface area (Å²) in [7, 11) is 3.13. The van der Waals surface area contributed by atoms with E-state index in [1.54, 1.807) is 32.4 Å². The number of rotatable bonds is 6. The molecule has 2 aromatic rings. The van der Waals surface area contributed by atoms with Crippen molar-refractivity contribution in [3.63, 3.8) is 0 Å². The lowest BCUT2D eigenvalue weighted by Crippen LogP contribution is -2.22. The van der Waals surface area contributed by atoms with Crippen LogP contribution in [0.1, 0.15) is 6.92 Å². The van der Waals surface area contributed by atoms with Crippen molar-refractivity contribution in [2.24, 2.45) is 0 Å². The van der Waals surface area contributed by atoms with Gasteiger partial charge in [-0.05, 0) is 31.2 Å². The van der Waals surface area contributed by atoms with Crippen molar-refractivity contribution in [1.82, 2.24) is 0 Å². The van der Waals surface area contributed by atoms with Gasteiger partial charge < -0.3 is 20.5 Å². The Labute approximate surface area is 140 Å². The van der Waals surface area contributed by atoms with Crippen molar-refractivity contribution in [3.05, 3.63) is 42.5 Å². The van der Waals surface area contributed by atoms with Crippen LogP contribution in [0, 0.1) is 0 Å². The molecule has 0 saturated heterocycles. The highest BCUT2D eigenvalue weighted by molar-refractivity contribution is 8.00. The van der Waals surface area contributed by atoms with E-state index in [-0.39, 0.29) is 11.2 Å². The molecule has 0 aromatic heterocycles. The third-order valence-electron chi connectivity index (χ3n) is 3.26. The highest BCUT2D eigenvalue weighted by atomic mass is 32.2. The van der Waals surface area contributed by atoms with Crippen LogP contribution in [0.5, 0.6) is 11.5 Å². The molecule has 0 bridgehead atoms. The van der Waals surface area contributed by atoms with Gasteiger partial charge in [0.1, 0.15) is 11.5 Å². The van der Waals surface area contributed by atoms with Gasteiger partial charge in [0, 0.05) is 16.6 Å². The molecule has 0 aliphatic heterocycles. The van der Waals surface area contributed by atoms with Crippen LogP contribution in [-0.2, 0) is 4.79 Å². The second kappa shape index (κ2) is 7.78. The number of amides is 1. The number of carbonyl (C=O) groups is 1. The van der Waals surface area contributed by atoms with Crippen LogP contribution in [0.4, 0.5) is 11.4 Å². The second-order valence-electron chi connectivity index (χ2n) is 4.85. The molecule has 0 fully saturated rings. The number of para-hydroxylation sites is 1. The molecule has 23 heavy (non-hydrogen) atoms. The van der Waals surface area contributed by atoms with Gasteiger partial charge >= 0.3 is 0 Å². The van der Waals surface area contributed by atoms with Crippen molar-refractivity contribution in [3.8, 4) is 11.5 Å². The normalized spacial score (nSPS) is 11.6. The summed E-state index contributed by atoms with van der Waals surface area (Å²) in [4.78, 5) is 13.3. The number of ether oxygens (including phenoxy) is 2. The molecule has 2 aromatic carbocycles. The van der Waals surface area contributed by atoms with Crippen molar-refractivity contribution in [2.75, 3.05) is 25.3 Å². The second-order valence-corrected chi connectivity index (χ2v) is 6.24. The Hall–Kier alpha value is -2.34. The number of carbonyl (C=O) groups excluding carboxylic acids is 1. The van der Waals surface area contributed by atoms with Gasteiger partial charge in [-0.1, -0.05) is 12.1 Å². The summed E-state index contributed by atoms with van der Waals surface area (Å²) in [6.07, 6.45) is 0. The van der Waals surface area contributed by atoms with E-state index < -0.39 is 0 Å². The molecule has 3 N–H and O–H groups in total. The largest absolute Gasteiger partial charge is 0.497 e. The molecule has 0 saturated carbocycles. The van der Waals surface area contributed by atoms with E-state index in [1.165, 1.54) is 11.8 Å². The molecular formula is C17H20N2O3S. The molecule has 122 valence electrons. The smallest absolute Gasteiger partial charge is 0.237 e. The Kier molecular flexibility index (Phi) is 5.76. The first kappa shape index (κ1) is 17.0. The standard InChI is InChI=1S/C17H20N2O3S/c1-11(23-16-7-5-4-6-13(16)18)17(20)19-14-10-12(21-2)8-9-15(14)22-3/h4-11H,18H2,1-3H3,(H,19,20)/t11-/m0/s1. The Morgan fingerprint density at radius 2 is 1.91 bits per heavy atom. The zero-order valence-corrected chi connectivity index (χ0v) is 14.1. The predicted molar refractivity (Wildman–Crippen MR) is 94.3 cm³/mol. The molecule has 0 unspecified atom stereocenters. The summed E-state index contributed by atoms with van der Waals surface area (Å²) >= 11 is 1.41. The van der Waals surface area contributed by atoms with Gasteiger partial charge in [0.05, 0.1) is 25.2 Å². The van der Waals surface area contributed by atoms with Gasteiger partial charge in [-0.25, -0.2) is 0 Å². The monoisotopic (exact) mass is 332 g/mol. The summed E-state index contributed by atoms with van der Waals surface area (Å²) in [6.45, 7) is 1.83. The molecule has 5 nitrogen and oxygen atoms in total. The summed E-state index contributed by atoms with van der Waals surface area (Å²) in [6, 6.07) is 12.7. The van der Waals surface area contributed by atoms with E-state index in [0.717, 1.165) is 4.90 Å². The average Bonchev–Trinajstić information content (AvgIpc) is 2.56. The van der Waals surface area contributed by atoms with Crippen molar-refractivity contribution in [2.45, 2.75) is 17.1 Å². The molecule has 2 rings (SSSR count). The van der Waals surface area contributed by atoms with E-state index in [0.29, 0.717) is 22.9 Å². The highest BCUT2D eigenvalue weighted by Crippen LogP contribution is 2.32. The molecule has 0 aliphatic carbocycles. The van der Waals surface area contributed by atoms with Crippen LogP contribution in [0.3, 0.4) is 0 Å². The summed E-state index contributed by atoms with van der Waals surface area (Å²) in [5, 5.41) is 2.56. The van der Waals surface area contributed by atoms with Crippen LogP contribution >= 0.6 is 11.8 Å². The van der Waals surface area contributed by atoms with Crippen molar-refractivity contribution >= 4 is 29.0 Å². The van der Waals surface area contributed by atoms with Gasteiger partial charge in [-0.3, -0.25) is 4.79 Å². The number of hydrogen-bond acceptors (Lipinski definition) is 5. The number of methoxy groups -OCH3 is 2. The van der Waals surface area contributed by atoms with E-state index >= 15 is 0 Å². The topological polar surface area (TPSA) is 73.6 Å². The molecular weight excluding hydrogens is 312 g/mol. The third kappa shape index (κ3) is 4.32. The minimum atomic E-state index is -0.310. The Bertz CT molecular complexity index is 691. The number of benzene rings is 2. The highest BCUT2D eigenvalue weighted by Gasteiger charge is 2.17. The Morgan fingerprint density at radius 1 is 1.17 bits per heavy atom. The fourth-order valence-electron chi connectivity index (χ4n) is 1.98. The first-order valence-corrected chi connectivity index (χ1v) is 7.97. The van der Waals surface area contributed by atoms with Crippen LogP contribution in [0.2, 0.25) is 0 Å². The van der Waals surface area contributed by atoms with Crippen LogP contribution in [0.25, 0.3) is 0 Å². The van der Waals surface area contributed by atoms with E-state index in [4.69, 9.17) is 15.2 Å². The van der Waals surface area contributed by atoms with Gasteiger partial charge in [-0.2, -0.15) is 0 Å². The maximum absolute atomic E-state index is 12.4. The number of hydrogen-bond donors (Lipinski definition) is 2. The Morgan fingerprint density at radius 3 is 2.57 bits per heavy atom. The maximum Gasteiger partial charge on any atom is 0.237 e. The molecule has 0 aliphatic rings. The molecule has 0 radical (unpaired) electrons. The van der Waals surface area contributed by atoms with Gasteiger partial charge in [-0.15, -0.1) is 11.8 Å². The fraction of sp³-hybridized carbons (Fsp3) is 0.235. The Balaban J connectivity index is 2.10. The SMILES string of the molecule is COc1ccc(OC)c(NC(=O)[C@H](C)Sc2ccccc2N)c1. The lowest BCUT2D eigenvalue weighted by atomic mass is 10.2. The van der Waals surface area contributed by atoms with E-state index in [9.17, 15) is 4.79 Å². The number of anilines is 2. The molecule has 0 heterocycles. The van der Waals surface area contributed by atoms with Crippen LogP contribution in [0.15, 0.2) is 47.4 Å². The minimum absolute atomic E-state index is 0.134. The fourth-order valence-corrected chi connectivity index (χ4v) is 2.89. The first-order chi connectivity index (χ1) is 11.0. The number of thioether (sulfide) groups is 1. The van der Waals surface area contributed by atoms with Gasteiger partial charge in [0.15, 0.2) is 0 Å². The van der Waals surface area contributed by atoms with E-state index in [1.807, 2.05) is 31.2 Å². The quantitative estimate of drug-likeness (QED) is 0.626. The summed E-state index contributed by atoms with van der Waals surface area (Å²) in [5.74, 6) is 1.09. The summed E-state index contributed by atoms with van der Waals surface area (Å²) in [5.41, 5.74) is 7.15. The van der Waals surface area contributed by atoms with Gasteiger partial charge in [0.25, 0.3) is 0 Å².